The predicted octanol–water partition coefficient (Wildman–Crippen LogP) is 15.1. The zero-order valence-electron chi connectivity index (χ0n) is 68.4. The molecule has 0 bridgehead atoms. The molecule has 0 saturated heterocycles. The summed E-state index contributed by atoms with van der Waals surface area (Å²) in [6.07, 6.45) is 0. The Bertz CT molecular complexity index is 5110. The molecule has 123 heavy (non-hydrogen) atoms. The minimum Gasteiger partial charge on any atom is -0.508 e. The third-order valence-electron chi connectivity index (χ3n) is 16.1. The zero-order chi connectivity index (χ0) is 93.4. The molecular weight excluding hydrogens is 1600 g/mol. The second-order valence-electron chi connectivity index (χ2n) is 25.9. The van der Waals surface area contributed by atoms with E-state index in [-0.39, 0.29) is 75.9 Å². The van der Waals surface area contributed by atoms with Crippen molar-refractivity contribution < 1.29 is 48.5 Å². The van der Waals surface area contributed by atoms with Crippen LogP contribution in [0.4, 0.5) is 140 Å². The molecule has 12 aromatic rings. The second-order valence-corrected chi connectivity index (χ2v) is 25.9. The van der Waals surface area contributed by atoms with Crippen molar-refractivity contribution in [2.45, 2.75) is 83.6 Å². The topological polar surface area (TPSA) is 767 Å². The number of para-hydroxylation sites is 2. The summed E-state index contributed by atoms with van der Waals surface area (Å²) < 4.78 is 24.8. The Hall–Kier alpha value is -17.0. The number of aromatic hydroxyl groups is 2. The molecule has 39 nitrogen and oxygen atoms in total. The Morgan fingerprint density at radius 1 is 0.268 bits per heavy atom. The lowest BCUT2D eigenvalue weighted by atomic mass is 10.1. The Labute approximate surface area is 707 Å². The number of phenolic OH excluding ortho intramolecular Hbond substituents is 2. The first-order chi connectivity index (χ1) is 56.7. The van der Waals surface area contributed by atoms with Crippen LogP contribution in [0.5, 0.6) is 11.5 Å². The number of nitrogen functional groups attached to an aromatic ring is 17. The highest BCUT2D eigenvalue weighted by molar-refractivity contribution is 5.71. The number of benzene rings is 10. The van der Waals surface area contributed by atoms with Gasteiger partial charge in [0.15, 0.2) is 0 Å². The molecule has 10 aromatic carbocycles. The van der Waals surface area contributed by atoms with Gasteiger partial charge in [-0.05, 0) is 223 Å². The van der Waals surface area contributed by atoms with E-state index in [1.807, 2.05) is 147 Å². The normalized spacial score (nSPS) is 9.47. The van der Waals surface area contributed by atoms with E-state index in [1.54, 1.807) is 50.2 Å². The number of anilines is 17. The number of rotatable bonds is 6. The molecule has 12 rings (SSSR count). The van der Waals surface area contributed by atoms with Crippen molar-refractivity contribution in [3.8, 4) is 11.5 Å². The van der Waals surface area contributed by atoms with E-state index in [0.717, 1.165) is 92.7 Å². The molecule has 0 amide bonds. The first kappa shape index (κ1) is 106. The van der Waals surface area contributed by atoms with Gasteiger partial charge in [-0.15, -0.1) is 0 Å². The van der Waals surface area contributed by atoms with Gasteiger partial charge in [0.05, 0.1) is 92.1 Å². The quantitative estimate of drug-likeness (QED) is 0.0418. The van der Waals surface area contributed by atoms with E-state index in [1.165, 1.54) is 35.9 Å². The number of halogens is 2. The maximum absolute atomic E-state index is 12.4. The lowest BCUT2D eigenvalue weighted by Crippen LogP contribution is -1.99. The number of nitrogens with zero attached hydrogens (tertiary/aromatic N) is 8. The fourth-order valence-electron chi connectivity index (χ4n) is 8.86. The van der Waals surface area contributed by atoms with Crippen molar-refractivity contribution in [3.63, 3.8) is 0 Å². The molecule has 656 valence electrons. The van der Waals surface area contributed by atoms with Gasteiger partial charge in [0.25, 0.3) is 22.7 Å². The summed E-state index contributed by atoms with van der Waals surface area (Å²) in [5, 5.41) is 78.8. The minimum absolute atomic E-state index is 0. The number of aryl methyl sites for hydroxylation is 9. The zero-order valence-corrected chi connectivity index (χ0v) is 68.4. The first-order valence-corrected chi connectivity index (χ1v) is 35.2. The number of hydrogen-bond acceptors (Lipinski definition) is 33. The largest absolute Gasteiger partial charge is 0.508 e. The Morgan fingerprint density at radius 2 is 0.561 bits per heavy atom. The molecule has 0 spiro atoms. The molecule has 0 saturated carbocycles. The van der Waals surface area contributed by atoms with E-state index in [2.05, 4.69) is 9.97 Å². The van der Waals surface area contributed by atoms with Crippen LogP contribution >= 0.6 is 0 Å². The summed E-state index contributed by atoms with van der Waals surface area (Å²) in [5.41, 5.74) is 110. The molecule has 0 unspecified atom stereocenters. The van der Waals surface area contributed by atoms with Gasteiger partial charge in [0.1, 0.15) is 40.1 Å². The van der Waals surface area contributed by atoms with Crippen molar-refractivity contribution in [1.29, 1.82) is 0 Å². The van der Waals surface area contributed by atoms with E-state index in [0.29, 0.717) is 74.1 Å². The van der Waals surface area contributed by atoms with Crippen molar-refractivity contribution in [2.75, 3.05) is 97.5 Å². The number of phenols is 2. The third-order valence-corrected chi connectivity index (χ3v) is 16.1. The van der Waals surface area contributed by atoms with Crippen LogP contribution < -0.4 is 97.5 Å². The highest BCUT2D eigenvalue weighted by Gasteiger charge is 2.20. The van der Waals surface area contributed by atoms with Gasteiger partial charge >= 0.3 is 11.4 Å². The van der Waals surface area contributed by atoms with Crippen LogP contribution in [0.1, 0.15) is 68.9 Å². The number of nitro benzene ring substituents is 5. The van der Waals surface area contributed by atoms with Crippen LogP contribution in [-0.2, 0) is 0 Å². The van der Waals surface area contributed by atoms with E-state index < -0.39 is 46.9 Å². The Morgan fingerprint density at radius 3 is 0.862 bits per heavy atom. The highest BCUT2D eigenvalue weighted by Crippen LogP contribution is 2.30. The van der Waals surface area contributed by atoms with Crippen molar-refractivity contribution in [2.24, 2.45) is 0 Å². The highest BCUT2D eigenvalue weighted by atomic mass is 19.1. The first-order valence-electron chi connectivity index (χ1n) is 35.2. The third kappa shape index (κ3) is 37.2. The summed E-state index contributed by atoms with van der Waals surface area (Å²) in [7, 11) is 0. The summed E-state index contributed by atoms with van der Waals surface area (Å²) >= 11 is 0. The molecule has 41 heteroatoms. The van der Waals surface area contributed by atoms with Crippen LogP contribution in [0.2, 0.25) is 0 Å². The number of hydrogen-bond donors (Lipinski definition) is 19. The number of aromatic nitrogens is 2. The van der Waals surface area contributed by atoms with Gasteiger partial charge in [0, 0.05) is 53.9 Å². The van der Waals surface area contributed by atoms with E-state index in [4.69, 9.17) is 108 Å². The summed E-state index contributed by atoms with van der Waals surface area (Å²) in [6, 6.07) is 50.2. The summed E-state index contributed by atoms with van der Waals surface area (Å²) in [6.45, 7) is 20.9. The van der Waals surface area contributed by atoms with Gasteiger partial charge in [-0.3, -0.25) is 60.7 Å². The Kier molecular flexibility index (Phi) is 44.0. The number of nitro groups is 6. The predicted molar refractivity (Wildman–Crippen MR) is 490 cm³/mol. The lowest BCUT2D eigenvalue weighted by Gasteiger charge is -2.05. The molecule has 0 aliphatic carbocycles. The molecule has 0 atom stereocenters. The SMILES string of the molecule is C.Cc1ccc(N)c(N)c1.Cc1ccc(N)c(N)c1.Cc1ccc(N)c(N)c1.Cc1ccc(N)c(N)c1C.Cc1ccc(N)c(N)n1.Cc1ccc([N+](=O)[O-])c(N)c1.Cc1ccc([N+](=O)[O-])c(N)c1C.Cc1ccc([N+](=O)[O-])c(N)n1.Cc1cccc(N)c1N.Nc1cc(O)ccc1[N+](=O)[O-].Nc1cc(O)ccc1[N+](=O)[O-].O=[N+]([O-])c1c(F)cccc1F. The van der Waals surface area contributed by atoms with Crippen LogP contribution in [0.3, 0.4) is 0 Å². The Balaban J connectivity index is 0.00000132. The van der Waals surface area contributed by atoms with Gasteiger partial charge in [-0.1, -0.05) is 62.0 Å². The molecule has 0 aliphatic rings. The van der Waals surface area contributed by atoms with Crippen LogP contribution in [0, 0.1) is 148 Å². The second kappa shape index (κ2) is 51.1. The van der Waals surface area contributed by atoms with Crippen molar-refractivity contribution >= 4 is 131 Å². The molecule has 2 heterocycles. The van der Waals surface area contributed by atoms with Crippen LogP contribution in [-0.4, -0.2) is 49.7 Å². The molecular formula is C82H105F2N25O14. The van der Waals surface area contributed by atoms with Gasteiger partial charge in [-0.2, -0.15) is 8.78 Å². The number of pyridine rings is 2. The fourth-order valence-corrected chi connectivity index (χ4v) is 8.86. The smallest absolute Gasteiger partial charge is 0.340 e. The van der Waals surface area contributed by atoms with E-state index >= 15 is 0 Å². The van der Waals surface area contributed by atoms with Gasteiger partial charge in [0.2, 0.25) is 17.5 Å². The van der Waals surface area contributed by atoms with Gasteiger partial charge < -0.3 is 108 Å². The minimum atomic E-state index is -1.16. The summed E-state index contributed by atoms with van der Waals surface area (Å²) in [5.74, 6) is -2.09. The fraction of sp³-hybridized carbons (Fsp3) is 0.146. The monoisotopic (exact) mass is 1700 g/mol. The lowest BCUT2D eigenvalue weighted by molar-refractivity contribution is -0.390. The average molecular weight is 1700 g/mol. The van der Waals surface area contributed by atoms with Gasteiger partial charge in [-0.25, -0.2) is 9.97 Å². The molecule has 36 N–H and O–H groups in total. The average Bonchev–Trinajstić information content (AvgIpc) is 0.844. The standard InChI is InChI=1S/C8H10N2O2.C8H12N2.C7H8N2O2.4C7H10N2.C6H3F2NO2.C6H7N3O2.C6H9N3.2C6H6N2O3.CH4/c1-5-3-4-7(10(11)12)8(9)6(5)2;1-5-3-4-7(9)8(10)6(5)2;1-5-2-3-7(9(10)11)6(8)4-5;3*1-5-2-3-6(8)7(9)4-5;1-5-3-2-4-6(8)7(5)9;7-4-2-1-3-5(8)6(4)9(10)11;1-4-2-3-5(9(10)11)6(7)8-4;1-4-2-3-5(7)6(8)9-4;2*7-5-3-4(9)1-2-6(5)8(10)11;/h3-4H,9H2,1-2H3;3-4H,9-10H2,1-2H3;2-4H,8H2,1H3;4*2-4H,8-9H2,1H3;1-3H;2-3H,1H3,(H2,7,8);2-3H,7H2,1H3,(H2,8,9);2*1-3,9H,7H2;1H4. The molecule has 0 aliphatic heterocycles. The molecule has 0 fully saturated rings. The maximum Gasteiger partial charge on any atom is 0.340 e. The molecule has 0 radical (unpaired) electrons. The van der Waals surface area contributed by atoms with Crippen molar-refractivity contribution in [3.05, 3.63) is 328 Å². The van der Waals surface area contributed by atoms with Crippen LogP contribution in [0.15, 0.2) is 194 Å². The summed E-state index contributed by atoms with van der Waals surface area (Å²) in [4.78, 5) is 65.1. The van der Waals surface area contributed by atoms with E-state index in [9.17, 15) is 69.5 Å². The number of nitrogens with two attached hydrogens (primary N) is 17. The maximum atomic E-state index is 12.4. The van der Waals surface area contributed by atoms with Crippen LogP contribution in [0.25, 0.3) is 0 Å². The molecule has 2 aromatic heterocycles. The van der Waals surface area contributed by atoms with Crippen molar-refractivity contribution in [1.82, 2.24) is 9.97 Å².